The molecule has 1 saturated heterocycles. The minimum Gasteiger partial charge on any atom is -0.396 e. The molecule has 1 aliphatic heterocycles. The topological polar surface area (TPSA) is 49.8 Å². The van der Waals surface area contributed by atoms with Crippen LogP contribution in [-0.2, 0) is 9.53 Å². The van der Waals surface area contributed by atoms with E-state index in [9.17, 15) is 4.79 Å². The van der Waals surface area contributed by atoms with Crippen molar-refractivity contribution in [3.63, 3.8) is 0 Å². The van der Waals surface area contributed by atoms with Gasteiger partial charge < -0.3 is 14.7 Å². The predicted molar refractivity (Wildman–Crippen MR) is 52.9 cm³/mol. The van der Waals surface area contributed by atoms with Gasteiger partial charge in [0, 0.05) is 19.6 Å². The maximum absolute atomic E-state index is 11.7. The number of hydrogen-bond donors (Lipinski definition) is 1. The van der Waals surface area contributed by atoms with Gasteiger partial charge in [0.05, 0.1) is 18.8 Å². The van der Waals surface area contributed by atoms with Crippen LogP contribution in [0.15, 0.2) is 0 Å². The van der Waals surface area contributed by atoms with E-state index in [4.69, 9.17) is 9.84 Å². The van der Waals surface area contributed by atoms with Gasteiger partial charge in [-0.25, -0.2) is 0 Å². The summed E-state index contributed by atoms with van der Waals surface area (Å²) in [4.78, 5) is 13.6. The molecule has 1 amide bonds. The summed E-state index contributed by atoms with van der Waals surface area (Å²) in [6.45, 7) is 5.96. The van der Waals surface area contributed by atoms with E-state index >= 15 is 0 Å². The highest BCUT2D eigenvalue weighted by atomic mass is 16.5. The molecule has 0 atom stereocenters. The van der Waals surface area contributed by atoms with Crippen molar-refractivity contribution in [2.45, 2.75) is 32.2 Å². The molecule has 1 fully saturated rings. The molecular formula is C10H19NO3. The summed E-state index contributed by atoms with van der Waals surface area (Å²) in [5.41, 5.74) is -0.204. The van der Waals surface area contributed by atoms with Crippen molar-refractivity contribution in [2.75, 3.05) is 26.4 Å². The minimum absolute atomic E-state index is 0.0799. The summed E-state index contributed by atoms with van der Waals surface area (Å²) in [5, 5.41) is 8.65. The lowest BCUT2D eigenvalue weighted by atomic mass is 10.0. The molecule has 1 aliphatic rings. The SMILES string of the molecule is CC1(C)COCCN1C(=O)CCCO. The Kier molecular flexibility index (Phi) is 3.89. The van der Waals surface area contributed by atoms with E-state index in [0.717, 1.165) is 0 Å². The number of rotatable bonds is 3. The fourth-order valence-electron chi connectivity index (χ4n) is 1.69. The number of aliphatic hydroxyl groups excluding tert-OH is 1. The third-order valence-electron chi connectivity index (χ3n) is 2.50. The van der Waals surface area contributed by atoms with Crippen molar-refractivity contribution >= 4 is 5.91 Å². The van der Waals surface area contributed by atoms with Crippen LogP contribution in [0.5, 0.6) is 0 Å². The highest BCUT2D eigenvalue weighted by molar-refractivity contribution is 5.77. The Labute approximate surface area is 84.8 Å². The number of morpholine rings is 1. The Morgan fingerprint density at radius 1 is 1.57 bits per heavy atom. The van der Waals surface area contributed by atoms with E-state index < -0.39 is 0 Å². The van der Waals surface area contributed by atoms with Crippen molar-refractivity contribution in [3.05, 3.63) is 0 Å². The molecule has 1 N–H and O–H groups in total. The summed E-state index contributed by atoms with van der Waals surface area (Å²) < 4.78 is 5.33. The summed E-state index contributed by atoms with van der Waals surface area (Å²) >= 11 is 0. The zero-order valence-corrected chi connectivity index (χ0v) is 8.95. The molecule has 0 unspecified atom stereocenters. The Hall–Kier alpha value is -0.610. The average Bonchev–Trinajstić information content (AvgIpc) is 2.13. The molecule has 4 heteroatoms. The van der Waals surface area contributed by atoms with E-state index in [0.29, 0.717) is 32.6 Å². The lowest BCUT2D eigenvalue weighted by Crippen LogP contribution is -2.55. The third kappa shape index (κ3) is 2.69. The van der Waals surface area contributed by atoms with E-state index in [1.54, 1.807) is 0 Å². The van der Waals surface area contributed by atoms with Crippen LogP contribution in [-0.4, -0.2) is 47.8 Å². The monoisotopic (exact) mass is 201 g/mol. The zero-order valence-electron chi connectivity index (χ0n) is 8.95. The van der Waals surface area contributed by atoms with Gasteiger partial charge in [0.2, 0.25) is 5.91 Å². The highest BCUT2D eigenvalue weighted by Crippen LogP contribution is 2.20. The predicted octanol–water partition coefficient (Wildman–Crippen LogP) is 0.396. The lowest BCUT2D eigenvalue weighted by molar-refractivity contribution is -0.146. The number of aliphatic hydroxyl groups is 1. The first-order valence-electron chi connectivity index (χ1n) is 5.07. The Bertz CT molecular complexity index is 204. The molecule has 1 rings (SSSR count). The fraction of sp³-hybridized carbons (Fsp3) is 0.900. The van der Waals surface area contributed by atoms with Gasteiger partial charge in [0.1, 0.15) is 0 Å². The first kappa shape index (κ1) is 11.5. The van der Waals surface area contributed by atoms with E-state index in [1.807, 2.05) is 18.7 Å². The van der Waals surface area contributed by atoms with Crippen LogP contribution >= 0.6 is 0 Å². The van der Waals surface area contributed by atoms with Gasteiger partial charge in [-0.1, -0.05) is 0 Å². The largest absolute Gasteiger partial charge is 0.396 e. The van der Waals surface area contributed by atoms with Crippen molar-refractivity contribution < 1.29 is 14.6 Å². The maximum atomic E-state index is 11.7. The van der Waals surface area contributed by atoms with Crippen molar-refractivity contribution in [1.29, 1.82) is 0 Å². The summed E-state index contributed by atoms with van der Waals surface area (Å²) in [7, 11) is 0. The number of nitrogens with zero attached hydrogens (tertiary/aromatic N) is 1. The van der Waals surface area contributed by atoms with Gasteiger partial charge in [-0.2, -0.15) is 0 Å². The number of carbonyl (C=O) groups is 1. The standard InChI is InChI=1S/C10H19NO3/c1-10(2)8-14-7-5-11(10)9(13)4-3-6-12/h12H,3-8H2,1-2H3. The van der Waals surface area contributed by atoms with Gasteiger partial charge >= 0.3 is 0 Å². The normalized spacial score (nSPS) is 20.9. The number of hydrogen-bond acceptors (Lipinski definition) is 3. The van der Waals surface area contributed by atoms with Gasteiger partial charge in [0.15, 0.2) is 0 Å². The van der Waals surface area contributed by atoms with Gasteiger partial charge in [-0.3, -0.25) is 4.79 Å². The second kappa shape index (κ2) is 4.75. The van der Waals surface area contributed by atoms with Crippen molar-refractivity contribution in [2.24, 2.45) is 0 Å². The van der Waals surface area contributed by atoms with Crippen LogP contribution in [0.1, 0.15) is 26.7 Å². The summed E-state index contributed by atoms with van der Waals surface area (Å²) in [6, 6.07) is 0. The lowest BCUT2D eigenvalue weighted by Gasteiger charge is -2.42. The van der Waals surface area contributed by atoms with Crippen molar-refractivity contribution in [1.82, 2.24) is 4.90 Å². The molecule has 0 radical (unpaired) electrons. The average molecular weight is 201 g/mol. The summed E-state index contributed by atoms with van der Waals surface area (Å²) in [6.07, 6.45) is 0.978. The van der Waals surface area contributed by atoms with Gasteiger partial charge in [-0.15, -0.1) is 0 Å². The maximum Gasteiger partial charge on any atom is 0.223 e. The molecule has 14 heavy (non-hydrogen) atoms. The van der Waals surface area contributed by atoms with Gasteiger partial charge in [-0.05, 0) is 20.3 Å². The molecule has 4 nitrogen and oxygen atoms in total. The van der Waals surface area contributed by atoms with E-state index in [1.165, 1.54) is 0 Å². The molecule has 1 heterocycles. The Balaban J connectivity index is 2.51. The highest BCUT2D eigenvalue weighted by Gasteiger charge is 2.33. The first-order valence-corrected chi connectivity index (χ1v) is 5.07. The summed E-state index contributed by atoms with van der Waals surface area (Å²) in [5.74, 6) is 0.118. The molecule has 0 bridgehead atoms. The molecule has 0 spiro atoms. The van der Waals surface area contributed by atoms with Gasteiger partial charge in [0.25, 0.3) is 0 Å². The Morgan fingerprint density at radius 3 is 2.86 bits per heavy atom. The van der Waals surface area contributed by atoms with E-state index in [2.05, 4.69) is 0 Å². The minimum atomic E-state index is -0.204. The van der Waals surface area contributed by atoms with Crippen LogP contribution in [0, 0.1) is 0 Å². The molecule has 0 aromatic heterocycles. The van der Waals surface area contributed by atoms with Crippen LogP contribution in [0.3, 0.4) is 0 Å². The van der Waals surface area contributed by atoms with Crippen LogP contribution in [0.25, 0.3) is 0 Å². The molecule has 0 aliphatic carbocycles. The second-order valence-electron chi connectivity index (χ2n) is 4.24. The number of carbonyl (C=O) groups excluding carboxylic acids is 1. The van der Waals surface area contributed by atoms with Crippen LogP contribution in [0.2, 0.25) is 0 Å². The van der Waals surface area contributed by atoms with Crippen LogP contribution in [0.4, 0.5) is 0 Å². The molecular weight excluding hydrogens is 182 g/mol. The zero-order chi connectivity index (χ0) is 10.6. The molecule has 0 aromatic carbocycles. The third-order valence-corrected chi connectivity index (χ3v) is 2.50. The quantitative estimate of drug-likeness (QED) is 0.719. The molecule has 0 saturated carbocycles. The first-order chi connectivity index (χ1) is 6.58. The van der Waals surface area contributed by atoms with E-state index in [-0.39, 0.29) is 18.1 Å². The second-order valence-corrected chi connectivity index (χ2v) is 4.24. The van der Waals surface area contributed by atoms with Crippen molar-refractivity contribution in [3.8, 4) is 0 Å². The Morgan fingerprint density at radius 2 is 2.29 bits per heavy atom. The smallest absolute Gasteiger partial charge is 0.223 e. The fourth-order valence-corrected chi connectivity index (χ4v) is 1.69. The molecule has 82 valence electrons. The number of amides is 1. The molecule has 0 aromatic rings. The number of ether oxygens (including phenoxy) is 1. The van der Waals surface area contributed by atoms with Crippen LogP contribution < -0.4 is 0 Å².